The van der Waals surface area contributed by atoms with E-state index in [4.69, 9.17) is 11.6 Å². The van der Waals surface area contributed by atoms with Gasteiger partial charge in [0.05, 0.1) is 0 Å². The number of carbonyl (C=O) groups excluding carboxylic acids is 3. The molecule has 1 aromatic heterocycles. The third-order valence-electron chi connectivity index (χ3n) is 9.06. The fourth-order valence-corrected chi connectivity index (χ4v) is 7.06. The minimum absolute atomic E-state index is 0.0157. The molecular weight excluding hydrogens is 586 g/mol. The highest BCUT2D eigenvalue weighted by molar-refractivity contribution is 6.30. The van der Waals surface area contributed by atoms with Crippen LogP contribution < -0.4 is 10.2 Å². The van der Waals surface area contributed by atoms with E-state index in [1.54, 1.807) is 0 Å². The number of aromatic nitrogens is 1. The fourth-order valence-electron chi connectivity index (χ4n) is 6.87. The molecule has 9 heteroatoms. The minimum atomic E-state index is -0.762. The number of nitrogens with zero attached hydrogens (tertiary/aromatic N) is 3. The first-order valence-electron chi connectivity index (χ1n) is 15.7. The van der Waals surface area contributed by atoms with Crippen molar-refractivity contribution in [2.45, 2.75) is 31.7 Å². The topological polar surface area (TPSA) is 88.8 Å². The van der Waals surface area contributed by atoms with Crippen molar-refractivity contribution in [2.75, 3.05) is 45.2 Å². The van der Waals surface area contributed by atoms with Gasteiger partial charge in [0.1, 0.15) is 6.04 Å². The molecule has 2 aliphatic heterocycles. The zero-order valence-electron chi connectivity index (χ0n) is 25.8. The molecule has 0 saturated carbocycles. The smallest absolute Gasteiger partial charge is 0.253 e. The second-order valence-electron chi connectivity index (χ2n) is 12.6. The molecule has 1 saturated heterocycles. The lowest BCUT2D eigenvalue weighted by molar-refractivity contribution is -0.131. The number of H-pyrrole nitrogens is 1. The first-order chi connectivity index (χ1) is 21.8. The van der Waals surface area contributed by atoms with Crippen molar-refractivity contribution in [2.24, 2.45) is 11.8 Å². The van der Waals surface area contributed by atoms with Crippen LogP contribution in [0.4, 0.5) is 5.69 Å². The first-order valence-corrected chi connectivity index (χ1v) is 16.1. The van der Waals surface area contributed by atoms with Crippen LogP contribution >= 0.6 is 11.6 Å². The maximum atomic E-state index is 14.6. The van der Waals surface area contributed by atoms with Gasteiger partial charge in [0.25, 0.3) is 5.91 Å². The SMILES string of the molecule is CN(C)CC1Cc2cc(Cl)ccc2N(C(=O)[C@@H](Cc2c[nH]c3ccccc23)NC(=O)C2CCN(C(=O)c3ccccc3)CC2)C1. The van der Waals surface area contributed by atoms with E-state index in [1.165, 1.54) is 0 Å². The van der Waals surface area contributed by atoms with Crippen molar-refractivity contribution in [1.82, 2.24) is 20.1 Å². The van der Waals surface area contributed by atoms with E-state index in [1.807, 2.05) is 103 Å². The molecule has 1 unspecified atom stereocenters. The average Bonchev–Trinajstić information content (AvgIpc) is 3.46. The lowest BCUT2D eigenvalue weighted by atomic mass is 9.90. The van der Waals surface area contributed by atoms with Crippen LogP contribution in [-0.2, 0) is 22.4 Å². The number of likely N-dealkylation sites (tertiary alicyclic amines) is 1. The van der Waals surface area contributed by atoms with Gasteiger partial charge in [-0.15, -0.1) is 0 Å². The Morgan fingerprint density at radius 1 is 1.00 bits per heavy atom. The summed E-state index contributed by atoms with van der Waals surface area (Å²) in [6, 6.07) is 22.2. The van der Waals surface area contributed by atoms with E-state index in [9.17, 15) is 14.4 Å². The van der Waals surface area contributed by atoms with Crippen molar-refractivity contribution in [1.29, 1.82) is 0 Å². The number of nitrogens with one attached hydrogen (secondary N) is 2. The molecule has 4 aromatic rings. The summed E-state index contributed by atoms with van der Waals surface area (Å²) in [6.07, 6.45) is 4.22. The Balaban J connectivity index is 1.23. The number of rotatable bonds is 8. The monoisotopic (exact) mass is 625 g/mol. The molecule has 3 heterocycles. The van der Waals surface area contributed by atoms with Gasteiger partial charge in [0.15, 0.2) is 0 Å². The van der Waals surface area contributed by atoms with E-state index in [0.717, 1.165) is 40.7 Å². The summed E-state index contributed by atoms with van der Waals surface area (Å²) in [7, 11) is 4.08. The molecule has 1 fully saturated rings. The normalized spacial score (nSPS) is 17.7. The number of hydrogen-bond donors (Lipinski definition) is 2. The molecular formula is C36H40ClN5O3. The summed E-state index contributed by atoms with van der Waals surface area (Å²) in [5.74, 6) is -0.337. The van der Waals surface area contributed by atoms with Gasteiger partial charge in [0, 0.05) is 71.9 Å². The molecule has 2 atom stereocenters. The molecule has 8 nitrogen and oxygen atoms in total. The zero-order chi connectivity index (χ0) is 31.5. The van der Waals surface area contributed by atoms with E-state index in [-0.39, 0.29) is 29.6 Å². The van der Waals surface area contributed by atoms with Gasteiger partial charge in [-0.05, 0) is 86.8 Å². The van der Waals surface area contributed by atoms with E-state index < -0.39 is 6.04 Å². The number of fused-ring (bicyclic) bond motifs is 2. The van der Waals surface area contributed by atoms with Crippen LogP contribution in [0.3, 0.4) is 0 Å². The average molecular weight is 626 g/mol. The van der Waals surface area contributed by atoms with Crippen LogP contribution in [0, 0.1) is 11.8 Å². The Bertz CT molecular complexity index is 1680. The maximum Gasteiger partial charge on any atom is 0.253 e. The number of hydrogen-bond acceptors (Lipinski definition) is 4. The lowest BCUT2D eigenvalue weighted by Crippen LogP contribution is -2.54. The van der Waals surface area contributed by atoms with Gasteiger partial charge in [-0.3, -0.25) is 14.4 Å². The molecule has 3 amide bonds. The Kier molecular flexibility index (Phi) is 9.24. The summed E-state index contributed by atoms with van der Waals surface area (Å²) >= 11 is 6.39. The summed E-state index contributed by atoms with van der Waals surface area (Å²) in [4.78, 5) is 50.5. The Morgan fingerprint density at radius 3 is 2.49 bits per heavy atom. The predicted octanol–water partition coefficient (Wildman–Crippen LogP) is 5.17. The number of anilines is 1. The van der Waals surface area contributed by atoms with Gasteiger partial charge < -0.3 is 25.0 Å². The quantitative estimate of drug-likeness (QED) is 0.283. The van der Waals surface area contributed by atoms with E-state index in [2.05, 4.69) is 15.2 Å². The van der Waals surface area contributed by atoms with E-state index >= 15 is 0 Å². The molecule has 2 N–H and O–H groups in total. The summed E-state index contributed by atoms with van der Waals surface area (Å²) in [5.41, 5.74) is 4.52. The highest BCUT2D eigenvalue weighted by Crippen LogP contribution is 2.33. The number of amides is 3. The zero-order valence-corrected chi connectivity index (χ0v) is 26.6. The van der Waals surface area contributed by atoms with Crippen LogP contribution in [-0.4, -0.2) is 78.8 Å². The second-order valence-corrected chi connectivity index (χ2v) is 13.0. The van der Waals surface area contributed by atoms with Crippen molar-refractivity contribution in [3.8, 4) is 0 Å². The molecule has 0 bridgehead atoms. The number of benzene rings is 3. The van der Waals surface area contributed by atoms with Crippen LogP contribution in [0.1, 0.15) is 34.3 Å². The number of carbonyl (C=O) groups is 3. The maximum absolute atomic E-state index is 14.6. The molecule has 0 spiro atoms. The molecule has 2 aliphatic rings. The third-order valence-corrected chi connectivity index (χ3v) is 9.29. The van der Waals surface area contributed by atoms with Crippen molar-refractivity contribution >= 4 is 45.9 Å². The third kappa shape index (κ3) is 6.92. The predicted molar refractivity (Wildman–Crippen MR) is 179 cm³/mol. The first kappa shape index (κ1) is 30.9. The van der Waals surface area contributed by atoms with Crippen molar-refractivity contribution in [3.05, 3.63) is 101 Å². The molecule has 234 valence electrons. The highest BCUT2D eigenvalue weighted by atomic mass is 35.5. The van der Waals surface area contributed by atoms with Gasteiger partial charge in [-0.25, -0.2) is 0 Å². The minimum Gasteiger partial charge on any atom is -0.361 e. The number of aromatic amines is 1. The van der Waals surface area contributed by atoms with Gasteiger partial charge in [0.2, 0.25) is 11.8 Å². The molecule has 3 aromatic carbocycles. The lowest BCUT2D eigenvalue weighted by Gasteiger charge is -2.38. The van der Waals surface area contributed by atoms with Crippen LogP contribution in [0.2, 0.25) is 5.02 Å². The summed E-state index contributed by atoms with van der Waals surface area (Å²) in [5, 5.41) is 4.86. The number of piperidine rings is 1. The standard InChI is InChI=1S/C36H40ClN5O3/c1-40(2)22-24-18-27-19-29(37)12-13-33(27)42(23-24)36(45)32(20-28-21-38-31-11-7-6-10-30(28)31)39-34(43)25-14-16-41(17-15-25)35(44)26-8-4-3-5-9-26/h3-13,19,21,24-25,32,38H,14-18,20,22-23H2,1-2H3,(H,39,43)/t24?,32-/m1/s1. The summed E-state index contributed by atoms with van der Waals surface area (Å²) in [6.45, 7) is 2.39. The van der Waals surface area contributed by atoms with Crippen molar-refractivity contribution < 1.29 is 14.4 Å². The van der Waals surface area contributed by atoms with Crippen LogP contribution in [0.5, 0.6) is 0 Å². The van der Waals surface area contributed by atoms with Gasteiger partial charge >= 0.3 is 0 Å². The largest absolute Gasteiger partial charge is 0.361 e. The van der Waals surface area contributed by atoms with Crippen LogP contribution in [0.15, 0.2) is 79.0 Å². The Hall–Kier alpha value is -4.14. The second kappa shape index (κ2) is 13.5. The van der Waals surface area contributed by atoms with Crippen molar-refractivity contribution in [3.63, 3.8) is 0 Å². The fraction of sp³-hybridized carbons (Fsp3) is 0.361. The number of halogens is 1. The Labute approximate surface area is 269 Å². The van der Waals surface area contributed by atoms with Gasteiger partial charge in [-0.1, -0.05) is 48.0 Å². The van der Waals surface area contributed by atoms with Crippen LogP contribution in [0.25, 0.3) is 10.9 Å². The van der Waals surface area contributed by atoms with E-state index in [0.29, 0.717) is 49.5 Å². The molecule has 0 radical (unpaired) electrons. The molecule has 6 rings (SSSR count). The van der Waals surface area contributed by atoms with Gasteiger partial charge in [-0.2, -0.15) is 0 Å². The summed E-state index contributed by atoms with van der Waals surface area (Å²) < 4.78 is 0. The number of para-hydroxylation sites is 1. The molecule has 0 aliphatic carbocycles. The molecule has 45 heavy (non-hydrogen) atoms. The Morgan fingerprint density at radius 2 is 1.73 bits per heavy atom. The highest BCUT2D eigenvalue weighted by Gasteiger charge is 2.36.